The highest BCUT2D eigenvalue weighted by Crippen LogP contribution is 2.24. The van der Waals surface area contributed by atoms with Crippen molar-refractivity contribution >= 4 is 10.0 Å². The molecule has 0 atom stereocenters. The first-order valence-corrected chi connectivity index (χ1v) is 9.28. The third kappa shape index (κ3) is 3.92. The van der Waals surface area contributed by atoms with Gasteiger partial charge < -0.3 is 0 Å². The van der Waals surface area contributed by atoms with Crippen molar-refractivity contribution in [1.82, 2.24) is 4.31 Å². The number of aryl methyl sites for hydroxylation is 1. The molecule has 0 saturated carbocycles. The number of hydrogen-bond acceptors (Lipinski definition) is 2. The average Bonchev–Trinajstić information content (AvgIpc) is 2.52. The molecule has 0 fully saturated rings. The Morgan fingerprint density at radius 1 is 1.23 bits per heavy atom. The molecule has 0 saturated heterocycles. The van der Waals surface area contributed by atoms with Crippen molar-refractivity contribution in [3.05, 3.63) is 41.6 Å². The second-order valence-corrected chi connectivity index (χ2v) is 7.39. The largest absolute Gasteiger partial charge is 0.264 e. The maximum Gasteiger partial charge on any atom is 0.264 e. The summed E-state index contributed by atoms with van der Waals surface area (Å²) < 4.78 is 27.1. The van der Waals surface area contributed by atoms with Gasteiger partial charge in [-0.05, 0) is 44.2 Å². The predicted molar refractivity (Wildman–Crippen MR) is 89.7 cm³/mol. The molecule has 4 heteroatoms. The standard InChI is InChI=1S/C18H23NO2S/c1-3-4-5-6-9-17-10-7-8-15-19(17)22(20,21)18-13-11-16(2)12-14-18/h10-14H,3-5,7-8,15H2,1-2H3. The molecule has 1 aromatic rings. The summed E-state index contributed by atoms with van der Waals surface area (Å²) in [6, 6.07) is 6.99. The molecular formula is C18H23NO2S. The van der Waals surface area contributed by atoms with E-state index >= 15 is 0 Å². The van der Waals surface area contributed by atoms with Crippen LogP contribution in [-0.4, -0.2) is 19.3 Å². The van der Waals surface area contributed by atoms with E-state index < -0.39 is 10.0 Å². The van der Waals surface area contributed by atoms with E-state index in [1.54, 1.807) is 12.1 Å². The van der Waals surface area contributed by atoms with Gasteiger partial charge in [-0.25, -0.2) is 8.42 Å². The number of hydrogen-bond donors (Lipinski definition) is 0. The first kappa shape index (κ1) is 16.6. The maximum absolute atomic E-state index is 12.8. The minimum Gasteiger partial charge on any atom is -0.259 e. The molecule has 118 valence electrons. The topological polar surface area (TPSA) is 37.4 Å². The maximum atomic E-state index is 12.8. The van der Waals surface area contributed by atoms with Gasteiger partial charge in [-0.15, -0.1) is 0 Å². The first-order valence-electron chi connectivity index (χ1n) is 7.84. The molecule has 0 N–H and O–H groups in total. The third-order valence-electron chi connectivity index (χ3n) is 3.65. The molecule has 2 rings (SSSR count). The van der Waals surface area contributed by atoms with E-state index in [4.69, 9.17) is 0 Å². The Morgan fingerprint density at radius 2 is 1.95 bits per heavy atom. The highest BCUT2D eigenvalue weighted by molar-refractivity contribution is 7.89. The zero-order valence-electron chi connectivity index (χ0n) is 13.3. The molecule has 3 nitrogen and oxygen atoms in total. The van der Waals surface area contributed by atoms with Gasteiger partial charge in [-0.1, -0.05) is 43.0 Å². The van der Waals surface area contributed by atoms with Gasteiger partial charge in [0.25, 0.3) is 10.0 Å². The fourth-order valence-corrected chi connectivity index (χ4v) is 3.80. The quantitative estimate of drug-likeness (QED) is 0.625. The number of allylic oxidation sites excluding steroid dienone is 2. The number of nitrogens with zero attached hydrogens (tertiary/aromatic N) is 1. The molecular weight excluding hydrogens is 294 g/mol. The summed E-state index contributed by atoms with van der Waals surface area (Å²) in [6.07, 6.45) is 6.62. The van der Waals surface area contributed by atoms with Gasteiger partial charge in [0, 0.05) is 13.0 Å². The van der Waals surface area contributed by atoms with Crippen LogP contribution in [0.5, 0.6) is 0 Å². The van der Waals surface area contributed by atoms with E-state index in [-0.39, 0.29) is 0 Å². The first-order chi connectivity index (χ1) is 10.6. The van der Waals surface area contributed by atoms with Crippen molar-refractivity contribution in [3.63, 3.8) is 0 Å². The van der Waals surface area contributed by atoms with E-state index in [0.29, 0.717) is 17.1 Å². The molecule has 0 bridgehead atoms. The molecule has 22 heavy (non-hydrogen) atoms. The third-order valence-corrected chi connectivity index (χ3v) is 5.48. The van der Waals surface area contributed by atoms with Crippen LogP contribution in [0.1, 0.15) is 44.6 Å². The average molecular weight is 317 g/mol. The Kier molecular flexibility index (Phi) is 5.68. The van der Waals surface area contributed by atoms with Crippen molar-refractivity contribution in [2.45, 2.75) is 50.8 Å². The van der Waals surface area contributed by atoms with Crippen LogP contribution in [0.25, 0.3) is 0 Å². The van der Waals surface area contributed by atoms with Gasteiger partial charge in [0.15, 0.2) is 0 Å². The van der Waals surface area contributed by atoms with Crippen molar-refractivity contribution in [2.75, 3.05) is 6.54 Å². The summed E-state index contributed by atoms with van der Waals surface area (Å²) in [5, 5.41) is 0. The lowest BCUT2D eigenvalue weighted by atomic mass is 10.2. The molecule has 0 radical (unpaired) electrons. The Morgan fingerprint density at radius 3 is 2.64 bits per heavy atom. The molecule has 1 aliphatic heterocycles. The number of benzene rings is 1. The molecule has 1 aromatic carbocycles. The minimum atomic E-state index is -3.51. The monoisotopic (exact) mass is 317 g/mol. The van der Waals surface area contributed by atoms with Gasteiger partial charge in [0.05, 0.1) is 10.6 Å². The Labute approximate surface area is 134 Å². The lowest BCUT2D eigenvalue weighted by Crippen LogP contribution is -2.33. The molecule has 0 aliphatic carbocycles. The lowest BCUT2D eigenvalue weighted by molar-refractivity contribution is 0.462. The van der Waals surface area contributed by atoms with E-state index in [1.807, 2.05) is 25.1 Å². The zero-order valence-corrected chi connectivity index (χ0v) is 14.1. The van der Waals surface area contributed by atoms with E-state index in [0.717, 1.165) is 37.7 Å². The van der Waals surface area contributed by atoms with Gasteiger partial charge in [0.1, 0.15) is 0 Å². The smallest absolute Gasteiger partial charge is 0.259 e. The van der Waals surface area contributed by atoms with Crippen LogP contribution in [-0.2, 0) is 10.0 Å². The summed E-state index contributed by atoms with van der Waals surface area (Å²) in [6.45, 7) is 4.57. The SMILES string of the molecule is CCCCC#CC1=CCCCN1S(=O)(=O)c1ccc(C)cc1. The van der Waals surface area contributed by atoms with Crippen molar-refractivity contribution in [2.24, 2.45) is 0 Å². The van der Waals surface area contributed by atoms with Crippen molar-refractivity contribution in [3.8, 4) is 11.8 Å². The predicted octanol–water partition coefficient (Wildman–Crippen LogP) is 3.86. The van der Waals surface area contributed by atoms with E-state index in [1.165, 1.54) is 4.31 Å². The van der Waals surface area contributed by atoms with Crippen molar-refractivity contribution < 1.29 is 8.42 Å². The van der Waals surface area contributed by atoms with E-state index in [9.17, 15) is 8.42 Å². The molecule has 0 aromatic heterocycles. The Bertz CT molecular complexity index is 691. The fourth-order valence-electron chi connectivity index (χ4n) is 2.31. The highest BCUT2D eigenvalue weighted by atomic mass is 32.2. The Hall–Kier alpha value is -1.73. The minimum absolute atomic E-state index is 0.334. The van der Waals surface area contributed by atoms with Gasteiger partial charge in [-0.3, -0.25) is 4.31 Å². The highest BCUT2D eigenvalue weighted by Gasteiger charge is 2.27. The van der Waals surface area contributed by atoms with Gasteiger partial charge in [0.2, 0.25) is 0 Å². The second kappa shape index (κ2) is 7.51. The number of rotatable bonds is 4. The summed E-state index contributed by atoms with van der Waals surface area (Å²) >= 11 is 0. The lowest BCUT2D eigenvalue weighted by Gasteiger charge is -2.27. The second-order valence-electron chi connectivity index (χ2n) is 5.53. The van der Waals surface area contributed by atoms with Crippen molar-refractivity contribution in [1.29, 1.82) is 0 Å². The summed E-state index contributed by atoms with van der Waals surface area (Å²) in [5.74, 6) is 6.15. The number of unbranched alkanes of at least 4 members (excludes halogenated alkanes) is 2. The van der Waals surface area contributed by atoms with Crippen LogP contribution in [0.4, 0.5) is 0 Å². The fraction of sp³-hybridized carbons (Fsp3) is 0.444. The van der Waals surface area contributed by atoms with Crippen LogP contribution >= 0.6 is 0 Å². The van der Waals surface area contributed by atoms with Gasteiger partial charge >= 0.3 is 0 Å². The summed E-state index contributed by atoms with van der Waals surface area (Å²) in [4.78, 5) is 0.334. The normalized spacial score (nSPS) is 15.0. The number of sulfonamides is 1. The van der Waals surface area contributed by atoms with Crippen LogP contribution in [0, 0.1) is 18.8 Å². The van der Waals surface area contributed by atoms with Crippen LogP contribution in [0.2, 0.25) is 0 Å². The molecule has 1 heterocycles. The molecule has 0 spiro atoms. The molecule has 0 amide bonds. The van der Waals surface area contributed by atoms with Crippen LogP contribution in [0.3, 0.4) is 0 Å². The summed E-state index contributed by atoms with van der Waals surface area (Å²) in [7, 11) is -3.51. The molecule has 1 aliphatic rings. The summed E-state index contributed by atoms with van der Waals surface area (Å²) in [5.41, 5.74) is 1.68. The van der Waals surface area contributed by atoms with Gasteiger partial charge in [-0.2, -0.15) is 0 Å². The Balaban J connectivity index is 2.27. The van der Waals surface area contributed by atoms with Crippen LogP contribution in [0.15, 0.2) is 40.9 Å². The van der Waals surface area contributed by atoms with Crippen LogP contribution < -0.4 is 0 Å². The zero-order chi connectivity index (χ0) is 16.0. The van der Waals surface area contributed by atoms with E-state index in [2.05, 4.69) is 18.8 Å². The molecule has 0 unspecified atom stereocenters.